The summed E-state index contributed by atoms with van der Waals surface area (Å²) in [6, 6.07) is 7.67. The molecule has 2 rings (SSSR count). The number of rotatable bonds is 6. The predicted molar refractivity (Wildman–Crippen MR) is 96.0 cm³/mol. The number of piperidine rings is 1. The topological polar surface area (TPSA) is 29.3 Å². The Hall–Kier alpha value is -0.540. The lowest BCUT2D eigenvalue weighted by molar-refractivity contribution is 0.433. The molecule has 0 saturated carbocycles. The monoisotopic (exact) mass is 352 g/mol. The number of hydrogen-bond acceptors (Lipinski definition) is 2. The van der Waals surface area contributed by atoms with Crippen LogP contribution < -0.4 is 10.6 Å². The number of anilines is 1. The van der Waals surface area contributed by atoms with Gasteiger partial charge in [0.05, 0.1) is 0 Å². The number of nitrogens with two attached hydrogens (primary N) is 1. The maximum Gasteiger partial charge on any atom is 0.0413 e. The van der Waals surface area contributed by atoms with E-state index in [1.165, 1.54) is 54.4 Å². The molecular weight excluding hydrogens is 324 g/mol. The van der Waals surface area contributed by atoms with E-state index in [1.54, 1.807) is 0 Å². The highest BCUT2D eigenvalue weighted by atomic mass is 79.9. The van der Waals surface area contributed by atoms with Gasteiger partial charge in [0.2, 0.25) is 0 Å². The molecule has 2 nitrogen and oxygen atoms in total. The van der Waals surface area contributed by atoms with Gasteiger partial charge in [0.15, 0.2) is 0 Å². The summed E-state index contributed by atoms with van der Waals surface area (Å²) in [5.41, 5.74) is 9.03. The summed E-state index contributed by atoms with van der Waals surface area (Å²) in [4.78, 5) is 2.65. The molecule has 1 aromatic carbocycles. The van der Waals surface area contributed by atoms with Crippen LogP contribution in [0.2, 0.25) is 0 Å². The molecule has 3 heteroatoms. The van der Waals surface area contributed by atoms with Crippen LogP contribution in [0.1, 0.15) is 57.9 Å². The van der Waals surface area contributed by atoms with Crippen molar-refractivity contribution >= 4 is 21.6 Å². The lowest BCUT2D eigenvalue weighted by atomic mass is 9.95. The molecule has 21 heavy (non-hydrogen) atoms. The second-order valence-corrected chi connectivity index (χ2v) is 7.19. The molecule has 118 valence electrons. The van der Waals surface area contributed by atoms with Crippen molar-refractivity contribution in [3.63, 3.8) is 0 Å². The van der Waals surface area contributed by atoms with Crippen molar-refractivity contribution in [2.45, 2.75) is 70.9 Å². The summed E-state index contributed by atoms with van der Waals surface area (Å²) in [6.07, 6.45) is 8.59. The molecule has 0 bridgehead atoms. The van der Waals surface area contributed by atoms with E-state index in [0.717, 1.165) is 12.8 Å². The van der Waals surface area contributed by atoms with Crippen molar-refractivity contribution < 1.29 is 0 Å². The maximum absolute atomic E-state index is 6.20. The molecule has 0 aromatic heterocycles. The van der Waals surface area contributed by atoms with Crippen molar-refractivity contribution in [1.82, 2.24) is 0 Å². The molecule has 1 aromatic rings. The van der Waals surface area contributed by atoms with Crippen LogP contribution in [0.4, 0.5) is 5.69 Å². The zero-order chi connectivity index (χ0) is 15.2. The van der Waals surface area contributed by atoms with E-state index in [9.17, 15) is 0 Å². The SMILES string of the molecule is CCCC1CCCCN1c1cc(Br)ccc1CC(N)CC. The van der Waals surface area contributed by atoms with Crippen molar-refractivity contribution in [2.75, 3.05) is 11.4 Å². The first-order valence-corrected chi connectivity index (χ1v) is 9.25. The highest BCUT2D eigenvalue weighted by Gasteiger charge is 2.24. The number of nitrogens with zero attached hydrogens (tertiary/aromatic N) is 1. The van der Waals surface area contributed by atoms with Gasteiger partial charge in [-0.05, 0) is 56.2 Å². The molecule has 0 aliphatic carbocycles. The molecular formula is C18H29BrN2. The predicted octanol–water partition coefficient (Wildman–Crippen LogP) is 4.89. The molecule has 2 N–H and O–H groups in total. The first-order chi connectivity index (χ1) is 10.2. The van der Waals surface area contributed by atoms with E-state index in [2.05, 4.69) is 52.9 Å². The smallest absolute Gasteiger partial charge is 0.0413 e. The van der Waals surface area contributed by atoms with E-state index in [-0.39, 0.29) is 6.04 Å². The highest BCUT2D eigenvalue weighted by molar-refractivity contribution is 9.10. The minimum absolute atomic E-state index is 0.263. The summed E-state index contributed by atoms with van der Waals surface area (Å²) in [5, 5.41) is 0. The Morgan fingerprint density at radius 1 is 1.33 bits per heavy atom. The molecule has 0 amide bonds. The van der Waals surface area contributed by atoms with Crippen LogP contribution in [-0.4, -0.2) is 18.6 Å². The van der Waals surface area contributed by atoms with Gasteiger partial charge in [0.1, 0.15) is 0 Å². The highest BCUT2D eigenvalue weighted by Crippen LogP contribution is 2.32. The molecule has 1 heterocycles. The van der Waals surface area contributed by atoms with E-state index in [4.69, 9.17) is 5.73 Å². The van der Waals surface area contributed by atoms with E-state index in [1.807, 2.05) is 0 Å². The quantitative estimate of drug-likeness (QED) is 0.789. The van der Waals surface area contributed by atoms with Gasteiger partial charge in [-0.25, -0.2) is 0 Å². The van der Waals surface area contributed by atoms with Crippen molar-refractivity contribution in [3.8, 4) is 0 Å². The fraction of sp³-hybridized carbons (Fsp3) is 0.667. The summed E-state index contributed by atoms with van der Waals surface area (Å²) in [5.74, 6) is 0. The zero-order valence-electron chi connectivity index (χ0n) is 13.4. The summed E-state index contributed by atoms with van der Waals surface area (Å²) >= 11 is 3.65. The third-order valence-electron chi connectivity index (χ3n) is 4.61. The first kappa shape index (κ1) is 16.8. The fourth-order valence-corrected chi connectivity index (χ4v) is 3.70. The summed E-state index contributed by atoms with van der Waals surface area (Å²) < 4.78 is 1.17. The van der Waals surface area contributed by atoms with Crippen LogP contribution in [0.15, 0.2) is 22.7 Å². The second-order valence-electron chi connectivity index (χ2n) is 6.28. The van der Waals surface area contributed by atoms with Crippen molar-refractivity contribution in [3.05, 3.63) is 28.2 Å². The van der Waals surface area contributed by atoms with Crippen LogP contribution in [0.3, 0.4) is 0 Å². The minimum atomic E-state index is 0.263. The molecule has 0 radical (unpaired) electrons. The molecule has 1 fully saturated rings. The Labute approximate surface area is 138 Å². The maximum atomic E-state index is 6.20. The number of halogens is 1. The fourth-order valence-electron chi connectivity index (χ4n) is 3.35. The van der Waals surface area contributed by atoms with Crippen molar-refractivity contribution in [1.29, 1.82) is 0 Å². The van der Waals surface area contributed by atoms with E-state index in [0.29, 0.717) is 6.04 Å². The Morgan fingerprint density at radius 3 is 2.86 bits per heavy atom. The second kappa shape index (κ2) is 8.19. The van der Waals surface area contributed by atoms with Gasteiger partial charge in [0.25, 0.3) is 0 Å². The Kier molecular flexibility index (Phi) is 6.56. The number of benzene rings is 1. The minimum Gasteiger partial charge on any atom is -0.368 e. The summed E-state index contributed by atoms with van der Waals surface area (Å²) in [6.45, 7) is 5.65. The Morgan fingerprint density at radius 2 is 2.14 bits per heavy atom. The van der Waals surface area contributed by atoms with Crippen LogP contribution >= 0.6 is 15.9 Å². The summed E-state index contributed by atoms with van der Waals surface area (Å²) in [7, 11) is 0. The van der Waals surface area contributed by atoms with Gasteiger partial charge in [-0.1, -0.05) is 42.3 Å². The van der Waals surface area contributed by atoms with Gasteiger partial charge < -0.3 is 10.6 Å². The standard InChI is InChI=1S/C18H29BrN2/c1-3-7-17-8-5-6-11-21(17)18-13-15(19)10-9-14(18)12-16(20)4-2/h9-10,13,16-17H,3-8,11-12,20H2,1-2H3. The zero-order valence-corrected chi connectivity index (χ0v) is 15.0. The van der Waals surface area contributed by atoms with E-state index < -0.39 is 0 Å². The van der Waals surface area contributed by atoms with Gasteiger partial charge in [-0.3, -0.25) is 0 Å². The first-order valence-electron chi connectivity index (χ1n) is 8.46. The largest absolute Gasteiger partial charge is 0.368 e. The van der Waals surface area contributed by atoms with Crippen molar-refractivity contribution in [2.24, 2.45) is 5.73 Å². The average molecular weight is 353 g/mol. The van der Waals surface area contributed by atoms with E-state index >= 15 is 0 Å². The average Bonchev–Trinajstić information content (AvgIpc) is 2.50. The third kappa shape index (κ3) is 4.46. The lowest BCUT2D eigenvalue weighted by Gasteiger charge is -2.39. The van der Waals surface area contributed by atoms with Gasteiger partial charge in [-0.2, -0.15) is 0 Å². The van der Waals surface area contributed by atoms with Crippen LogP contribution in [0.25, 0.3) is 0 Å². The molecule has 1 aliphatic rings. The van der Waals surface area contributed by atoms with Crippen LogP contribution in [0.5, 0.6) is 0 Å². The van der Waals surface area contributed by atoms with Crippen LogP contribution in [-0.2, 0) is 6.42 Å². The number of hydrogen-bond donors (Lipinski definition) is 1. The van der Waals surface area contributed by atoms with Crippen LogP contribution in [0, 0.1) is 0 Å². The normalized spacial score (nSPS) is 20.6. The lowest BCUT2D eigenvalue weighted by Crippen LogP contribution is -2.40. The van der Waals surface area contributed by atoms with Gasteiger partial charge in [0, 0.05) is 28.8 Å². The molecule has 1 aliphatic heterocycles. The van der Waals surface area contributed by atoms with Gasteiger partial charge in [-0.15, -0.1) is 0 Å². The van der Waals surface area contributed by atoms with Gasteiger partial charge >= 0.3 is 0 Å². The molecule has 0 spiro atoms. The molecule has 2 atom stereocenters. The molecule has 2 unspecified atom stereocenters. The molecule has 1 saturated heterocycles. The Balaban J connectivity index is 2.28. The third-order valence-corrected chi connectivity index (χ3v) is 5.11. The Bertz CT molecular complexity index is 445.